The van der Waals surface area contributed by atoms with E-state index >= 15 is 0 Å². The predicted molar refractivity (Wildman–Crippen MR) is 101 cm³/mol. The number of unbranched alkanes of at least 4 members (excludes halogenated alkanes) is 1. The monoisotopic (exact) mass is 382 g/mol. The van der Waals surface area contributed by atoms with Crippen molar-refractivity contribution < 1.29 is 19.0 Å². The van der Waals surface area contributed by atoms with Gasteiger partial charge in [0.25, 0.3) is 0 Å². The van der Waals surface area contributed by atoms with Gasteiger partial charge in [0.2, 0.25) is 0 Å². The van der Waals surface area contributed by atoms with E-state index in [0.717, 1.165) is 32.5 Å². The molecule has 2 aliphatic rings. The first kappa shape index (κ1) is 19.1. The minimum atomic E-state index is -0.437. The van der Waals surface area contributed by atoms with E-state index in [-0.39, 0.29) is 28.5 Å². The lowest BCUT2D eigenvalue weighted by Crippen LogP contribution is -2.38. The molecule has 26 heavy (non-hydrogen) atoms. The van der Waals surface area contributed by atoms with Crippen molar-refractivity contribution in [2.75, 3.05) is 32.0 Å². The van der Waals surface area contributed by atoms with Crippen LogP contribution in [0.15, 0.2) is 6.07 Å². The number of benzene rings is 1. The number of nitrogen functional groups attached to an aromatic ring is 1. The summed E-state index contributed by atoms with van der Waals surface area (Å²) < 4.78 is 17.1. The Kier molecular flexibility index (Phi) is 6.14. The average molecular weight is 383 g/mol. The second-order valence-electron chi connectivity index (χ2n) is 7.02. The largest absolute Gasteiger partial charge is 0.485 e. The van der Waals surface area contributed by atoms with Gasteiger partial charge in [-0.05, 0) is 38.8 Å². The Morgan fingerprint density at radius 1 is 1.38 bits per heavy atom. The summed E-state index contributed by atoms with van der Waals surface area (Å²) in [6.45, 7) is 7.43. The lowest BCUT2D eigenvalue weighted by Gasteiger charge is -2.32. The molecule has 0 aromatic heterocycles. The first-order valence-corrected chi connectivity index (χ1v) is 9.72. The third-order valence-electron chi connectivity index (χ3n) is 4.86. The summed E-state index contributed by atoms with van der Waals surface area (Å²) in [6, 6.07) is 1.51. The van der Waals surface area contributed by atoms with Crippen molar-refractivity contribution in [3.05, 3.63) is 16.7 Å². The quantitative estimate of drug-likeness (QED) is 0.620. The van der Waals surface area contributed by atoms with Gasteiger partial charge >= 0.3 is 5.97 Å². The van der Waals surface area contributed by atoms with E-state index in [2.05, 4.69) is 11.8 Å². The Bertz CT molecular complexity index is 659. The summed E-state index contributed by atoms with van der Waals surface area (Å²) >= 11 is 6.18. The Labute approximate surface area is 159 Å². The standard InChI is InChI=1S/C19H27ClN2O4/c1-3-4-7-22-8-5-13(6-9-22)26-19(23)14-10-15(20)16(21)18-17(14)24-11-12(2)25-18/h10,12-13H,3-9,11,21H2,1-2H3. The fourth-order valence-electron chi connectivity index (χ4n) is 3.32. The normalized spacial score (nSPS) is 20.8. The first-order valence-electron chi connectivity index (χ1n) is 9.34. The molecule has 2 N–H and O–H groups in total. The molecule has 6 nitrogen and oxygen atoms in total. The Balaban J connectivity index is 1.67. The lowest BCUT2D eigenvalue weighted by molar-refractivity contribution is 0.0103. The molecule has 1 fully saturated rings. The van der Waals surface area contributed by atoms with E-state index in [1.165, 1.54) is 18.9 Å². The fourth-order valence-corrected chi connectivity index (χ4v) is 3.51. The van der Waals surface area contributed by atoms with Crippen LogP contribution < -0.4 is 15.2 Å². The number of fused-ring (bicyclic) bond motifs is 1. The number of piperidine rings is 1. The molecule has 0 saturated carbocycles. The van der Waals surface area contributed by atoms with Crippen molar-refractivity contribution in [3.8, 4) is 11.5 Å². The van der Waals surface area contributed by atoms with E-state index < -0.39 is 5.97 Å². The van der Waals surface area contributed by atoms with Crippen molar-refractivity contribution >= 4 is 23.3 Å². The van der Waals surface area contributed by atoms with E-state index in [1.807, 2.05) is 6.92 Å². The molecular weight excluding hydrogens is 356 g/mol. The summed E-state index contributed by atoms with van der Waals surface area (Å²) in [4.78, 5) is 15.1. The van der Waals surface area contributed by atoms with Crippen LogP contribution in [0.25, 0.3) is 0 Å². The van der Waals surface area contributed by atoms with Crippen LogP contribution >= 0.6 is 11.6 Å². The number of ether oxygens (including phenoxy) is 3. The zero-order valence-electron chi connectivity index (χ0n) is 15.4. The number of carbonyl (C=O) groups excluding carboxylic acids is 1. The van der Waals surface area contributed by atoms with E-state index in [0.29, 0.717) is 18.1 Å². The Hall–Kier alpha value is -1.66. The zero-order valence-corrected chi connectivity index (χ0v) is 16.2. The molecule has 3 rings (SSSR count). The number of rotatable bonds is 5. The van der Waals surface area contributed by atoms with Crippen LogP contribution in [0.1, 0.15) is 49.9 Å². The highest BCUT2D eigenvalue weighted by Crippen LogP contribution is 2.44. The third kappa shape index (κ3) is 4.18. The van der Waals surface area contributed by atoms with Gasteiger partial charge < -0.3 is 24.8 Å². The number of hydrogen-bond acceptors (Lipinski definition) is 6. The minimum Gasteiger partial charge on any atom is -0.485 e. The van der Waals surface area contributed by atoms with Crippen LogP contribution in [-0.2, 0) is 4.74 Å². The molecule has 0 amide bonds. The van der Waals surface area contributed by atoms with Gasteiger partial charge in [0.05, 0.1) is 10.7 Å². The number of halogens is 1. The fraction of sp³-hybridized carbons (Fsp3) is 0.632. The van der Waals surface area contributed by atoms with Crippen LogP contribution in [0, 0.1) is 0 Å². The van der Waals surface area contributed by atoms with Gasteiger partial charge in [0.15, 0.2) is 11.5 Å². The van der Waals surface area contributed by atoms with Crippen molar-refractivity contribution in [3.63, 3.8) is 0 Å². The Morgan fingerprint density at radius 2 is 2.12 bits per heavy atom. The highest BCUT2D eigenvalue weighted by Gasteiger charge is 2.30. The third-order valence-corrected chi connectivity index (χ3v) is 5.17. The van der Waals surface area contributed by atoms with Gasteiger partial charge in [-0.15, -0.1) is 0 Å². The maximum atomic E-state index is 12.7. The second kappa shape index (κ2) is 8.35. The van der Waals surface area contributed by atoms with Crippen molar-refractivity contribution in [2.24, 2.45) is 0 Å². The summed E-state index contributed by atoms with van der Waals surface area (Å²) in [5.74, 6) is 0.223. The van der Waals surface area contributed by atoms with Gasteiger partial charge in [-0.1, -0.05) is 24.9 Å². The molecule has 7 heteroatoms. The smallest absolute Gasteiger partial charge is 0.342 e. The van der Waals surface area contributed by atoms with Gasteiger partial charge in [-0.3, -0.25) is 0 Å². The van der Waals surface area contributed by atoms with Gasteiger partial charge in [-0.2, -0.15) is 0 Å². The van der Waals surface area contributed by atoms with Crippen LogP contribution in [0.2, 0.25) is 5.02 Å². The molecule has 1 atom stereocenters. The van der Waals surface area contributed by atoms with E-state index in [1.54, 1.807) is 0 Å². The summed E-state index contributed by atoms with van der Waals surface area (Å²) in [6.07, 6.45) is 3.84. The van der Waals surface area contributed by atoms with Gasteiger partial charge in [-0.25, -0.2) is 4.79 Å². The van der Waals surface area contributed by atoms with Gasteiger partial charge in [0, 0.05) is 13.1 Å². The van der Waals surface area contributed by atoms with Crippen molar-refractivity contribution in [1.82, 2.24) is 4.90 Å². The number of nitrogens with two attached hydrogens (primary N) is 1. The minimum absolute atomic E-state index is 0.0872. The summed E-state index contributed by atoms with van der Waals surface area (Å²) in [5.41, 5.74) is 6.54. The second-order valence-corrected chi connectivity index (χ2v) is 7.42. The molecule has 1 aromatic carbocycles. The molecular formula is C19H27ClN2O4. The first-order chi connectivity index (χ1) is 12.5. The van der Waals surface area contributed by atoms with E-state index in [9.17, 15) is 4.79 Å². The van der Waals surface area contributed by atoms with Crippen LogP contribution in [0.4, 0.5) is 5.69 Å². The molecule has 1 aromatic rings. The van der Waals surface area contributed by atoms with E-state index in [4.69, 9.17) is 31.5 Å². The number of anilines is 1. The van der Waals surface area contributed by atoms with Crippen LogP contribution in [0.3, 0.4) is 0 Å². The zero-order chi connectivity index (χ0) is 18.7. The van der Waals surface area contributed by atoms with Crippen LogP contribution in [-0.4, -0.2) is 49.3 Å². The molecule has 0 spiro atoms. The van der Waals surface area contributed by atoms with Gasteiger partial charge in [0.1, 0.15) is 24.4 Å². The number of hydrogen-bond donors (Lipinski definition) is 1. The van der Waals surface area contributed by atoms with Crippen LogP contribution in [0.5, 0.6) is 11.5 Å². The number of nitrogens with zero attached hydrogens (tertiary/aromatic N) is 1. The molecule has 144 valence electrons. The number of likely N-dealkylation sites (tertiary alicyclic amines) is 1. The topological polar surface area (TPSA) is 74.0 Å². The number of carbonyl (C=O) groups is 1. The SMILES string of the molecule is CCCCN1CCC(OC(=O)c2cc(Cl)c(N)c3c2OCC(C)O3)CC1. The molecule has 0 aliphatic carbocycles. The highest BCUT2D eigenvalue weighted by atomic mass is 35.5. The molecule has 0 radical (unpaired) electrons. The molecule has 2 heterocycles. The van der Waals surface area contributed by atoms with Crippen molar-refractivity contribution in [2.45, 2.75) is 51.7 Å². The summed E-state index contributed by atoms with van der Waals surface area (Å²) in [5, 5.41) is 0.266. The molecule has 0 bridgehead atoms. The lowest BCUT2D eigenvalue weighted by atomic mass is 10.1. The number of esters is 1. The maximum Gasteiger partial charge on any atom is 0.342 e. The molecule has 1 unspecified atom stereocenters. The summed E-state index contributed by atoms with van der Waals surface area (Å²) in [7, 11) is 0. The maximum absolute atomic E-state index is 12.7. The molecule has 1 saturated heterocycles. The highest BCUT2D eigenvalue weighted by molar-refractivity contribution is 6.34. The average Bonchev–Trinajstić information content (AvgIpc) is 2.64. The van der Waals surface area contributed by atoms with Crippen molar-refractivity contribution in [1.29, 1.82) is 0 Å². The molecule has 2 aliphatic heterocycles. The Morgan fingerprint density at radius 3 is 2.81 bits per heavy atom. The predicted octanol–water partition coefficient (Wildman–Crippen LogP) is 3.50.